The molecule has 0 fully saturated rings. The fraction of sp³-hybridized carbons (Fsp3) is 0.278. The van der Waals surface area contributed by atoms with Gasteiger partial charge in [-0.15, -0.1) is 0 Å². The molecule has 24 heavy (non-hydrogen) atoms. The summed E-state index contributed by atoms with van der Waals surface area (Å²) in [4.78, 5) is 29.5. The van der Waals surface area contributed by atoms with Gasteiger partial charge in [-0.25, -0.2) is 0 Å². The molecule has 0 aliphatic heterocycles. The highest BCUT2D eigenvalue weighted by atomic mass is 35.5. The van der Waals surface area contributed by atoms with Gasteiger partial charge in [0.05, 0.1) is 0 Å². The molecule has 0 saturated heterocycles. The van der Waals surface area contributed by atoms with Crippen LogP contribution in [0.4, 0.5) is 5.69 Å². The molecule has 5 nitrogen and oxygen atoms in total. The van der Waals surface area contributed by atoms with Crippen LogP contribution in [0.25, 0.3) is 0 Å². The molecule has 2 rings (SSSR count). The van der Waals surface area contributed by atoms with Gasteiger partial charge in [0, 0.05) is 49.5 Å². The molecule has 1 aromatic heterocycles. The number of hydrogen-bond donors (Lipinski definition) is 1. The predicted octanol–water partition coefficient (Wildman–Crippen LogP) is 3.10. The maximum Gasteiger partial charge on any atom is 0.223 e. The van der Waals surface area contributed by atoms with E-state index >= 15 is 0 Å². The number of carbonyl (C=O) groups excluding carboxylic acids is 2. The zero-order valence-electron chi connectivity index (χ0n) is 13.8. The first kappa shape index (κ1) is 17.9. The average molecular weight is 346 g/mol. The number of pyridine rings is 1. The molecule has 0 aliphatic rings. The van der Waals surface area contributed by atoms with Crippen molar-refractivity contribution in [3.63, 3.8) is 0 Å². The molecule has 2 aromatic rings. The minimum absolute atomic E-state index is 0.111. The molecule has 1 heterocycles. The number of halogens is 1. The fourth-order valence-electron chi connectivity index (χ4n) is 2.37. The Bertz CT molecular complexity index is 719. The molecule has 126 valence electrons. The number of aromatic nitrogens is 1. The van der Waals surface area contributed by atoms with Gasteiger partial charge < -0.3 is 10.2 Å². The van der Waals surface area contributed by atoms with Crippen molar-refractivity contribution in [1.29, 1.82) is 0 Å². The van der Waals surface area contributed by atoms with Gasteiger partial charge in [0.2, 0.25) is 11.8 Å². The number of anilines is 1. The molecule has 0 saturated carbocycles. The second kappa shape index (κ2) is 8.45. The van der Waals surface area contributed by atoms with Crippen molar-refractivity contribution >= 4 is 29.1 Å². The van der Waals surface area contributed by atoms with E-state index in [2.05, 4.69) is 10.3 Å². The van der Waals surface area contributed by atoms with Crippen LogP contribution in [-0.4, -0.2) is 23.3 Å². The van der Waals surface area contributed by atoms with Gasteiger partial charge in [-0.3, -0.25) is 14.6 Å². The van der Waals surface area contributed by atoms with Crippen LogP contribution in [0.1, 0.15) is 24.5 Å². The highest BCUT2D eigenvalue weighted by molar-refractivity contribution is 6.30. The second-order valence-electron chi connectivity index (χ2n) is 5.49. The number of benzene rings is 1. The van der Waals surface area contributed by atoms with Gasteiger partial charge in [0.1, 0.15) is 0 Å². The van der Waals surface area contributed by atoms with E-state index in [-0.39, 0.29) is 18.2 Å². The third kappa shape index (κ3) is 5.06. The minimum Gasteiger partial charge on any atom is -0.352 e. The second-order valence-corrected chi connectivity index (χ2v) is 5.93. The van der Waals surface area contributed by atoms with Gasteiger partial charge in [0.25, 0.3) is 0 Å². The molecule has 0 aliphatic carbocycles. The Labute approximate surface area is 146 Å². The smallest absolute Gasteiger partial charge is 0.223 e. The molecule has 0 atom stereocenters. The summed E-state index contributed by atoms with van der Waals surface area (Å²) < 4.78 is 0. The van der Waals surface area contributed by atoms with Crippen molar-refractivity contribution in [3.8, 4) is 0 Å². The number of carbonyl (C=O) groups is 2. The third-order valence-electron chi connectivity index (χ3n) is 3.60. The molecule has 2 amide bonds. The van der Waals surface area contributed by atoms with Crippen LogP contribution in [0.5, 0.6) is 0 Å². The first-order valence-corrected chi connectivity index (χ1v) is 8.05. The standard InChI is InChI=1S/C18H20ClN3O2/c1-13-10-16(19)5-6-17(13)22(14(2)23)9-7-18(24)21-12-15-4-3-8-20-11-15/h3-6,8,10-11H,7,9,12H2,1-2H3,(H,21,24). The monoisotopic (exact) mass is 345 g/mol. The van der Waals surface area contributed by atoms with Crippen LogP contribution < -0.4 is 10.2 Å². The van der Waals surface area contributed by atoms with Crippen molar-refractivity contribution in [3.05, 3.63) is 58.9 Å². The Hall–Kier alpha value is -2.40. The summed E-state index contributed by atoms with van der Waals surface area (Å²) in [6.07, 6.45) is 3.62. The summed E-state index contributed by atoms with van der Waals surface area (Å²) in [6, 6.07) is 9.05. The number of hydrogen-bond acceptors (Lipinski definition) is 3. The summed E-state index contributed by atoms with van der Waals surface area (Å²) in [7, 11) is 0. The molecule has 1 aromatic carbocycles. The highest BCUT2D eigenvalue weighted by Gasteiger charge is 2.15. The Morgan fingerprint density at radius 2 is 2.08 bits per heavy atom. The van der Waals surface area contributed by atoms with Crippen LogP contribution >= 0.6 is 11.6 Å². The van der Waals surface area contributed by atoms with E-state index < -0.39 is 0 Å². The van der Waals surface area contributed by atoms with Gasteiger partial charge in [-0.1, -0.05) is 17.7 Å². The van der Waals surface area contributed by atoms with E-state index in [1.807, 2.05) is 19.1 Å². The highest BCUT2D eigenvalue weighted by Crippen LogP contribution is 2.24. The van der Waals surface area contributed by atoms with Crippen molar-refractivity contribution in [2.45, 2.75) is 26.8 Å². The Morgan fingerprint density at radius 3 is 2.71 bits per heavy atom. The van der Waals surface area contributed by atoms with E-state index in [9.17, 15) is 9.59 Å². The van der Waals surface area contributed by atoms with Crippen LogP contribution in [0, 0.1) is 6.92 Å². The lowest BCUT2D eigenvalue weighted by atomic mass is 10.1. The van der Waals surface area contributed by atoms with E-state index in [0.29, 0.717) is 18.1 Å². The lowest BCUT2D eigenvalue weighted by Crippen LogP contribution is -2.34. The van der Waals surface area contributed by atoms with E-state index in [1.165, 1.54) is 6.92 Å². The van der Waals surface area contributed by atoms with E-state index in [4.69, 9.17) is 11.6 Å². The SMILES string of the molecule is CC(=O)N(CCC(=O)NCc1cccnc1)c1ccc(Cl)cc1C. The zero-order valence-corrected chi connectivity index (χ0v) is 14.5. The molecule has 0 spiro atoms. The molecule has 0 unspecified atom stereocenters. The average Bonchev–Trinajstić information content (AvgIpc) is 2.55. The Kier molecular flexibility index (Phi) is 6.32. The molecule has 0 bridgehead atoms. The summed E-state index contributed by atoms with van der Waals surface area (Å²) in [5.74, 6) is -0.225. The van der Waals surface area contributed by atoms with Crippen molar-refractivity contribution in [2.75, 3.05) is 11.4 Å². The largest absolute Gasteiger partial charge is 0.352 e. The maximum absolute atomic E-state index is 12.0. The van der Waals surface area contributed by atoms with Crippen LogP contribution in [0.15, 0.2) is 42.7 Å². The topological polar surface area (TPSA) is 62.3 Å². The van der Waals surface area contributed by atoms with Gasteiger partial charge in [0.15, 0.2) is 0 Å². The van der Waals surface area contributed by atoms with E-state index in [0.717, 1.165) is 16.8 Å². The van der Waals surface area contributed by atoms with Gasteiger partial charge >= 0.3 is 0 Å². The summed E-state index contributed by atoms with van der Waals surface area (Å²) in [5, 5.41) is 3.45. The number of rotatable bonds is 6. The van der Waals surface area contributed by atoms with Crippen molar-refractivity contribution < 1.29 is 9.59 Å². The lowest BCUT2D eigenvalue weighted by Gasteiger charge is -2.23. The van der Waals surface area contributed by atoms with Gasteiger partial charge in [-0.05, 0) is 42.3 Å². The van der Waals surface area contributed by atoms with E-state index in [1.54, 1.807) is 35.5 Å². The molecule has 6 heteroatoms. The molecule has 1 N–H and O–H groups in total. The minimum atomic E-state index is -0.114. The molecule has 0 radical (unpaired) electrons. The summed E-state index contributed by atoms with van der Waals surface area (Å²) in [5.41, 5.74) is 2.60. The normalized spacial score (nSPS) is 10.3. The summed E-state index contributed by atoms with van der Waals surface area (Å²) >= 11 is 5.96. The Morgan fingerprint density at radius 1 is 1.29 bits per heavy atom. The zero-order chi connectivity index (χ0) is 17.5. The quantitative estimate of drug-likeness (QED) is 0.875. The first-order chi connectivity index (χ1) is 11.5. The van der Waals surface area contributed by atoms with Crippen molar-refractivity contribution in [2.24, 2.45) is 0 Å². The maximum atomic E-state index is 12.0. The summed E-state index contributed by atoms with van der Waals surface area (Å²) in [6.45, 7) is 4.12. The van der Waals surface area contributed by atoms with Crippen LogP contribution in [0.3, 0.4) is 0 Å². The third-order valence-corrected chi connectivity index (χ3v) is 3.84. The van der Waals surface area contributed by atoms with Crippen LogP contribution in [-0.2, 0) is 16.1 Å². The van der Waals surface area contributed by atoms with Crippen LogP contribution in [0.2, 0.25) is 5.02 Å². The fourth-order valence-corrected chi connectivity index (χ4v) is 2.60. The first-order valence-electron chi connectivity index (χ1n) is 7.67. The number of nitrogens with zero attached hydrogens (tertiary/aromatic N) is 2. The Balaban J connectivity index is 1.94. The van der Waals surface area contributed by atoms with Crippen molar-refractivity contribution in [1.82, 2.24) is 10.3 Å². The number of nitrogens with one attached hydrogen (secondary N) is 1. The lowest BCUT2D eigenvalue weighted by molar-refractivity contribution is -0.121. The number of amides is 2. The predicted molar refractivity (Wildman–Crippen MR) is 94.9 cm³/mol. The van der Waals surface area contributed by atoms with Gasteiger partial charge in [-0.2, -0.15) is 0 Å². The molecular weight excluding hydrogens is 326 g/mol. The number of aryl methyl sites for hydroxylation is 1. The molecular formula is C18H20ClN3O2.